The van der Waals surface area contributed by atoms with Gasteiger partial charge < -0.3 is 9.80 Å². The van der Waals surface area contributed by atoms with Gasteiger partial charge in [0.05, 0.1) is 13.1 Å². The number of imidazole rings is 1. The summed E-state index contributed by atoms with van der Waals surface area (Å²) in [4.78, 5) is 55.8. The van der Waals surface area contributed by atoms with Gasteiger partial charge in [0.2, 0.25) is 5.95 Å². The van der Waals surface area contributed by atoms with E-state index in [1.807, 2.05) is 4.90 Å². The second-order valence-electron chi connectivity index (χ2n) is 9.05. The maximum absolute atomic E-state index is 13.8. The number of aryl methyl sites for hydroxylation is 1. The first-order chi connectivity index (χ1) is 19.2. The molecule has 0 bridgehead atoms. The molecule has 3 aromatic heterocycles. The van der Waals surface area contributed by atoms with Crippen LogP contribution in [0, 0.1) is 23.5 Å². The molecule has 0 N–H and O–H groups in total. The Bertz CT molecular complexity index is 1810. The van der Waals surface area contributed by atoms with E-state index in [1.165, 1.54) is 30.1 Å². The van der Waals surface area contributed by atoms with Crippen molar-refractivity contribution in [2.24, 2.45) is 7.05 Å². The summed E-state index contributed by atoms with van der Waals surface area (Å²) >= 11 is 6.05. The van der Waals surface area contributed by atoms with Crippen LogP contribution < -0.4 is 16.1 Å². The molecule has 1 amide bonds. The lowest BCUT2D eigenvalue weighted by molar-refractivity contribution is 0.0740. The molecule has 14 heteroatoms. The summed E-state index contributed by atoms with van der Waals surface area (Å²) < 4.78 is 31.1. The minimum absolute atomic E-state index is 0.0236. The van der Waals surface area contributed by atoms with Gasteiger partial charge in [-0.25, -0.2) is 23.5 Å². The molecule has 206 valence electrons. The summed E-state index contributed by atoms with van der Waals surface area (Å²) in [7, 11) is 1.49. The summed E-state index contributed by atoms with van der Waals surface area (Å²) in [6, 6.07) is 3.21. The molecular formula is C26H23ClF2N8O3. The Morgan fingerprint density at radius 2 is 1.77 bits per heavy atom. The van der Waals surface area contributed by atoms with Crippen molar-refractivity contribution in [2.75, 3.05) is 31.1 Å². The van der Waals surface area contributed by atoms with E-state index in [1.54, 1.807) is 16.4 Å². The lowest BCUT2D eigenvalue weighted by Crippen LogP contribution is -2.49. The van der Waals surface area contributed by atoms with Crippen molar-refractivity contribution in [1.29, 1.82) is 0 Å². The molecule has 0 aliphatic carbocycles. The molecule has 1 aromatic carbocycles. The highest BCUT2D eigenvalue weighted by atomic mass is 35.5. The first-order valence-corrected chi connectivity index (χ1v) is 12.6. The van der Waals surface area contributed by atoms with E-state index in [9.17, 15) is 23.2 Å². The van der Waals surface area contributed by atoms with E-state index in [-0.39, 0.29) is 46.6 Å². The van der Waals surface area contributed by atoms with Crippen LogP contribution in [-0.4, -0.2) is 65.6 Å². The molecule has 4 heterocycles. The summed E-state index contributed by atoms with van der Waals surface area (Å²) in [6.45, 7) is 2.94. The van der Waals surface area contributed by atoms with Crippen LogP contribution in [-0.2, 0) is 20.1 Å². The molecular weight excluding hydrogens is 546 g/mol. The Labute approximate surface area is 231 Å². The highest BCUT2D eigenvalue weighted by Gasteiger charge is 2.29. The van der Waals surface area contributed by atoms with Gasteiger partial charge in [-0.15, -0.1) is 5.92 Å². The Morgan fingerprint density at radius 3 is 2.45 bits per heavy atom. The first-order valence-electron chi connectivity index (χ1n) is 12.3. The largest absolute Gasteiger partial charge is 0.339 e. The van der Waals surface area contributed by atoms with Crippen LogP contribution in [0.25, 0.3) is 11.2 Å². The number of carbonyl (C=O) groups is 1. The molecule has 1 saturated heterocycles. The predicted molar refractivity (Wildman–Crippen MR) is 143 cm³/mol. The zero-order valence-electron chi connectivity index (χ0n) is 21.6. The number of benzene rings is 1. The van der Waals surface area contributed by atoms with Gasteiger partial charge in [-0.3, -0.25) is 23.3 Å². The van der Waals surface area contributed by atoms with E-state index < -0.39 is 22.9 Å². The van der Waals surface area contributed by atoms with E-state index >= 15 is 0 Å². The normalized spacial score (nSPS) is 13.4. The first kappa shape index (κ1) is 27.0. The number of aromatic nitrogens is 6. The minimum Gasteiger partial charge on any atom is -0.339 e. The molecule has 0 saturated carbocycles. The average molecular weight is 569 g/mol. The van der Waals surface area contributed by atoms with Crippen molar-refractivity contribution < 1.29 is 13.6 Å². The fourth-order valence-electron chi connectivity index (χ4n) is 4.59. The van der Waals surface area contributed by atoms with Gasteiger partial charge in [0.1, 0.15) is 0 Å². The van der Waals surface area contributed by atoms with Gasteiger partial charge in [-0.2, -0.15) is 4.98 Å². The van der Waals surface area contributed by atoms with E-state index in [2.05, 4.69) is 26.8 Å². The highest BCUT2D eigenvalue weighted by molar-refractivity contribution is 6.32. The van der Waals surface area contributed by atoms with Crippen LogP contribution in [0.1, 0.15) is 23.0 Å². The maximum atomic E-state index is 13.8. The predicted octanol–water partition coefficient (Wildman–Crippen LogP) is 1.65. The SMILES string of the molecule is CC#CCn1c(N2CCN(C(=O)c3nccnc3Cl)CC2)nc2c1c(=O)n(Cc1ccc(F)c(F)c1)c(=O)n2C. The summed E-state index contributed by atoms with van der Waals surface area (Å²) in [6.07, 6.45) is 2.80. The number of nitrogens with zero attached hydrogens (tertiary/aromatic N) is 8. The zero-order chi connectivity index (χ0) is 28.6. The smallest absolute Gasteiger partial charge is 0.332 e. The fraction of sp³-hybridized carbons (Fsp3) is 0.308. The third-order valence-electron chi connectivity index (χ3n) is 6.66. The molecule has 0 atom stereocenters. The Kier molecular flexibility index (Phi) is 7.36. The van der Waals surface area contributed by atoms with Gasteiger partial charge in [-0.1, -0.05) is 23.6 Å². The summed E-state index contributed by atoms with van der Waals surface area (Å²) in [5.74, 6) is 3.73. The molecule has 0 spiro atoms. The fourth-order valence-corrected chi connectivity index (χ4v) is 4.78. The number of piperazine rings is 1. The van der Waals surface area contributed by atoms with E-state index in [0.717, 1.165) is 16.7 Å². The summed E-state index contributed by atoms with van der Waals surface area (Å²) in [5, 5.41) is 0.0236. The minimum atomic E-state index is -1.08. The van der Waals surface area contributed by atoms with Gasteiger partial charge in [0, 0.05) is 45.6 Å². The van der Waals surface area contributed by atoms with Gasteiger partial charge in [0.15, 0.2) is 33.6 Å². The molecule has 5 rings (SSSR count). The summed E-state index contributed by atoms with van der Waals surface area (Å²) in [5.41, 5.74) is -0.663. The second kappa shape index (κ2) is 10.9. The third kappa shape index (κ3) is 4.82. The number of hydrogen-bond acceptors (Lipinski definition) is 7. The number of carbonyl (C=O) groups excluding carboxylic acids is 1. The highest BCUT2D eigenvalue weighted by Crippen LogP contribution is 2.22. The molecule has 11 nitrogen and oxygen atoms in total. The van der Waals surface area contributed by atoms with Crippen LogP contribution in [0.4, 0.5) is 14.7 Å². The van der Waals surface area contributed by atoms with Gasteiger partial charge in [0.25, 0.3) is 11.5 Å². The van der Waals surface area contributed by atoms with Crippen molar-refractivity contribution in [1.82, 2.24) is 33.6 Å². The lowest BCUT2D eigenvalue weighted by atomic mass is 10.2. The van der Waals surface area contributed by atoms with Crippen LogP contribution >= 0.6 is 11.6 Å². The van der Waals surface area contributed by atoms with Crippen LogP contribution in [0.2, 0.25) is 5.15 Å². The van der Waals surface area contributed by atoms with Crippen LogP contribution in [0.5, 0.6) is 0 Å². The number of hydrogen-bond donors (Lipinski definition) is 0. The standard InChI is InChI=1S/C26H23ClF2N8O3/c1-3-4-9-36-20-22(33(2)26(40)37(24(20)39)15-16-5-6-17(28)18(29)14-16)32-25(36)35-12-10-34(11-13-35)23(38)19-21(27)31-8-7-30-19/h5-8,14H,9-13,15H2,1-2H3. The third-order valence-corrected chi connectivity index (χ3v) is 6.93. The topological polar surface area (TPSA) is 111 Å². The lowest BCUT2D eigenvalue weighted by Gasteiger charge is -2.35. The van der Waals surface area contributed by atoms with Crippen molar-refractivity contribution in [3.8, 4) is 11.8 Å². The second-order valence-corrected chi connectivity index (χ2v) is 9.41. The van der Waals surface area contributed by atoms with Crippen molar-refractivity contribution in [2.45, 2.75) is 20.0 Å². The van der Waals surface area contributed by atoms with E-state index in [4.69, 9.17) is 11.6 Å². The average Bonchev–Trinajstić information content (AvgIpc) is 3.34. The van der Waals surface area contributed by atoms with Crippen molar-refractivity contribution in [3.63, 3.8) is 0 Å². The molecule has 40 heavy (non-hydrogen) atoms. The molecule has 0 radical (unpaired) electrons. The molecule has 1 fully saturated rings. The van der Waals surface area contributed by atoms with Crippen molar-refractivity contribution in [3.05, 3.63) is 79.5 Å². The Morgan fingerprint density at radius 1 is 1.05 bits per heavy atom. The Hall–Kier alpha value is -4.57. The monoisotopic (exact) mass is 568 g/mol. The molecule has 1 aliphatic heterocycles. The quantitative estimate of drug-likeness (QED) is 0.337. The molecule has 1 aliphatic rings. The maximum Gasteiger partial charge on any atom is 0.332 e. The number of rotatable bonds is 5. The number of fused-ring (bicyclic) bond motifs is 1. The number of amides is 1. The number of anilines is 1. The van der Waals surface area contributed by atoms with Gasteiger partial charge in [-0.05, 0) is 24.6 Å². The molecule has 4 aromatic rings. The van der Waals surface area contributed by atoms with Gasteiger partial charge >= 0.3 is 5.69 Å². The molecule has 0 unspecified atom stereocenters. The Balaban J connectivity index is 1.51. The zero-order valence-corrected chi connectivity index (χ0v) is 22.3. The number of halogens is 3. The van der Waals surface area contributed by atoms with Crippen LogP contribution in [0.15, 0.2) is 40.2 Å². The van der Waals surface area contributed by atoms with Crippen molar-refractivity contribution >= 4 is 34.6 Å². The van der Waals surface area contributed by atoms with E-state index in [0.29, 0.717) is 32.1 Å². The van der Waals surface area contributed by atoms with Crippen LogP contribution in [0.3, 0.4) is 0 Å².